The van der Waals surface area contributed by atoms with Gasteiger partial charge in [0.05, 0.1) is 5.69 Å². The van der Waals surface area contributed by atoms with E-state index in [1.165, 1.54) is 0 Å². The fraction of sp³-hybridized carbons (Fsp3) is 0.286. The summed E-state index contributed by atoms with van der Waals surface area (Å²) in [7, 11) is 0. The number of halogens is 1. The Bertz CT molecular complexity index is 563. The second-order valence-corrected chi connectivity index (χ2v) is 5.21. The Morgan fingerprint density at radius 1 is 1.50 bits per heavy atom. The predicted molar refractivity (Wildman–Crippen MR) is 75.1 cm³/mol. The molecule has 0 radical (unpaired) electrons. The molecule has 0 saturated carbocycles. The highest BCUT2D eigenvalue weighted by Gasteiger charge is 2.09. The Morgan fingerprint density at radius 3 is 2.83 bits per heavy atom. The largest absolute Gasteiger partial charge is 0.303 e. The van der Waals surface area contributed by atoms with Crippen LogP contribution in [0.5, 0.6) is 0 Å². The van der Waals surface area contributed by atoms with E-state index in [-0.39, 0.29) is 5.92 Å². The van der Waals surface area contributed by atoms with Crippen LogP contribution in [0.15, 0.2) is 35.1 Å². The van der Waals surface area contributed by atoms with E-state index in [9.17, 15) is 4.79 Å². The number of imidazole rings is 1. The first-order chi connectivity index (χ1) is 8.63. The molecule has 1 unspecified atom stereocenters. The zero-order chi connectivity index (χ0) is 13.1. The minimum atomic E-state index is 0.247. The third-order valence-electron chi connectivity index (χ3n) is 3.08. The summed E-state index contributed by atoms with van der Waals surface area (Å²) in [6, 6.07) is 6.19. The number of hydrogen-bond donors (Lipinski definition) is 0. The molecule has 0 fully saturated rings. The first-order valence-corrected chi connectivity index (χ1v) is 6.66. The molecule has 3 nitrogen and oxygen atoms in total. The molecule has 18 heavy (non-hydrogen) atoms. The molecule has 0 amide bonds. The molecule has 0 aliphatic rings. The molecule has 1 aromatic heterocycles. The molecule has 0 spiro atoms. The Morgan fingerprint density at radius 2 is 2.28 bits per heavy atom. The van der Waals surface area contributed by atoms with Crippen molar-refractivity contribution < 1.29 is 4.79 Å². The quantitative estimate of drug-likeness (QED) is 0.808. The molecule has 2 rings (SSSR count). The van der Waals surface area contributed by atoms with E-state index in [0.717, 1.165) is 27.8 Å². The maximum atomic E-state index is 10.5. The van der Waals surface area contributed by atoms with Crippen molar-refractivity contribution in [3.05, 3.63) is 46.5 Å². The van der Waals surface area contributed by atoms with Gasteiger partial charge in [0.1, 0.15) is 12.1 Å². The first kappa shape index (κ1) is 13.0. The molecule has 4 heteroatoms. The van der Waals surface area contributed by atoms with E-state index in [1.807, 2.05) is 17.7 Å². The van der Waals surface area contributed by atoms with Gasteiger partial charge < -0.3 is 9.36 Å². The number of aldehydes is 1. The predicted octanol–water partition coefficient (Wildman–Crippen LogP) is 3.64. The van der Waals surface area contributed by atoms with Crippen molar-refractivity contribution in [2.45, 2.75) is 26.2 Å². The van der Waals surface area contributed by atoms with E-state index in [2.05, 4.69) is 46.0 Å². The number of carbonyl (C=O) groups is 1. The SMILES string of the molecule is Cc1nccn1-c1ccc(C(C)CC=O)cc1Br. The molecule has 1 atom stereocenters. The van der Waals surface area contributed by atoms with E-state index in [1.54, 1.807) is 6.20 Å². The van der Waals surface area contributed by atoms with Crippen LogP contribution in [0.25, 0.3) is 5.69 Å². The second kappa shape index (κ2) is 5.48. The van der Waals surface area contributed by atoms with Gasteiger partial charge in [0.25, 0.3) is 0 Å². The van der Waals surface area contributed by atoms with Crippen molar-refractivity contribution in [2.75, 3.05) is 0 Å². The molecular weight excluding hydrogens is 292 g/mol. The number of rotatable bonds is 4. The summed E-state index contributed by atoms with van der Waals surface area (Å²) in [6.45, 7) is 4.02. The fourth-order valence-corrected chi connectivity index (χ4v) is 2.53. The lowest BCUT2D eigenvalue weighted by atomic mass is 9.98. The van der Waals surface area contributed by atoms with Gasteiger partial charge in [0.2, 0.25) is 0 Å². The lowest BCUT2D eigenvalue weighted by molar-refractivity contribution is -0.108. The molecule has 1 aromatic carbocycles. The Kier molecular flexibility index (Phi) is 3.97. The van der Waals surface area contributed by atoms with Crippen LogP contribution in [-0.4, -0.2) is 15.8 Å². The van der Waals surface area contributed by atoms with Gasteiger partial charge in [-0.1, -0.05) is 13.0 Å². The topological polar surface area (TPSA) is 34.9 Å². The second-order valence-electron chi connectivity index (χ2n) is 4.36. The van der Waals surface area contributed by atoms with Gasteiger partial charge in [-0.25, -0.2) is 4.98 Å². The van der Waals surface area contributed by atoms with Crippen LogP contribution < -0.4 is 0 Å². The lowest BCUT2D eigenvalue weighted by Gasteiger charge is -2.13. The Labute approximate surface area is 115 Å². The molecule has 1 heterocycles. The Hall–Kier alpha value is -1.42. The van der Waals surface area contributed by atoms with Gasteiger partial charge >= 0.3 is 0 Å². The van der Waals surface area contributed by atoms with Crippen LogP contribution in [0, 0.1) is 6.92 Å². The standard InChI is InChI=1S/C14H15BrN2O/c1-10(5-8-18)12-3-4-14(13(15)9-12)17-7-6-16-11(17)2/h3-4,6-10H,5H2,1-2H3. The van der Waals surface area contributed by atoms with Crippen molar-refractivity contribution in [1.82, 2.24) is 9.55 Å². The average Bonchev–Trinajstić information content (AvgIpc) is 2.75. The summed E-state index contributed by atoms with van der Waals surface area (Å²) in [5.74, 6) is 1.20. The van der Waals surface area contributed by atoms with Gasteiger partial charge in [-0.3, -0.25) is 0 Å². The van der Waals surface area contributed by atoms with E-state index in [4.69, 9.17) is 0 Å². The van der Waals surface area contributed by atoms with Crippen molar-refractivity contribution >= 4 is 22.2 Å². The molecule has 0 N–H and O–H groups in total. The van der Waals surface area contributed by atoms with E-state index in [0.29, 0.717) is 6.42 Å². The highest BCUT2D eigenvalue weighted by atomic mass is 79.9. The van der Waals surface area contributed by atoms with Crippen LogP contribution >= 0.6 is 15.9 Å². The number of hydrogen-bond acceptors (Lipinski definition) is 2. The monoisotopic (exact) mass is 306 g/mol. The summed E-state index contributed by atoms with van der Waals surface area (Å²) in [5.41, 5.74) is 2.22. The Balaban J connectivity index is 2.37. The van der Waals surface area contributed by atoms with Crippen molar-refractivity contribution in [3.63, 3.8) is 0 Å². The molecule has 0 aliphatic heterocycles. The molecule has 0 bridgehead atoms. The van der Waals surface area contributed by atoms with Crippen LogP contribution in [0.1, 0.15) is 30.7 Å². The molecule has 0 saturated heterocycles. The summed E-state index contributed by atoms with van der Waals surface area (Å²) < 4.78 is 3.04. The normalized spacial score (nSPS) is 12.4. The smallest absolute Gasteiger partial charge is 0.120 e. The van der Waals surface area contributed by atoms with Crippen molar-refractivity contribution in [1.29, 1.82) is 0 Å². The molecule has 2 aromatic rings. The molecule has 0 aliphatic carbocycles. The van der Waals surface area contributed by atoms with Gasteiger partial charge in [0.15, 0.2) is 0 Å². The zero-order valence-electron chi connectivity index (χ0n) is 10.4. The lowest BCUT2D eigenvalue weighted by Crippen LogP contribution is -1.99. The number of aryl methyl sites for hydroxylation is 1. The number of carbonyl (C=O) groups excluding carboxylic acids is 1. The maximum absolute atomic E-state index is 10.5. The van der Waals surface area contributed by atoms with Gasteiger partial charge in [-0.05, 0) is 46.5 Å². The minimum Gasteiger partial charge on any atom is -0.303 e. The number of benzene rings is 1. The van der Waals surface area contributed by atoms with Crippen molar-refractivity contribution in [2.24, 2.45) is 0 Å². The van der Waals surface area contributed by atoms with Gasteiger partial charge in [-0.15, -0.1) is 0 Å². The summed E-state index contributed by atoms with van der Waals surface area (Å²) in [4.78, 5) is 14.8. The fourth-order valence-electron chi connectivity index (χ4n) is 1.94. The first-order valence-electron chi connectivity index (χ1n) is 5.87. The van der Waals surface area contributed by atoms with Gasteiger partial charge in [-0.2, -0.15) is 0 Å². The molecular formula is C14H15BrN2O. The van der Waals surface area contributed by atoms with Crippen molar-refractivity contribution in [3.8, 4) is 5.69 Å². The summed E-state index contributed by atoms with van der Waals surface area (Å²) in [6.07, 6.45) is 5.23. The third-order valence-corrected chi connectivity index (χ3v) is 3.71. The minimum absolute atomic E-state index is 0.247. The van der Waals surface area contributed by atoms with Gasteiger partial charge in [0, 0.05) is 23.3 Å². The number of aromatic nitrogens is 2. The van der Waals surface area contributed by atoms with E-state index >= 15 is 0 Å². The third kappa shape index (κ3) is 2.53. The van der Waals surface area contributed by atoms with Crippen LogP contribution in [0.2, 0.25) is 0 Å². The summed E-state index contributed by atoms with van der Waals surface area (Å²) in [5, 5.41) is 0. The highest BCUT2D eigenvalue weighted by Crippen LogP contribution is 2.27. The molecule has 94 valence electrons. The zero-order valence-corrected chi connectivity index (χ0v) is 12.0. The summed E-state index contributed by atoms with van der Waals surface area (Å²) >= 11 is 3.59. The van der Waals surface area contributed by atoms with Crippen LogP contribution in [0.3, 0.4) is 0 Å². The highest BCUT2D eigenvalue weighted by molar-refractivity contribution is 9.10. The average molecular weight is 307 g/mol. The number of nitrogens with zero attached hydrogens (tertiary/aromatic N) is 2. The maximum Gasteiger partial charge on any atom is 0.120 e. The van der Waals surface area contributed by atoms with Crippen LogP contribution in [-0.2, 0) is 4.79 Å². The van der Waals surface area contributed by atoms with Crippen LogP contribution in [0.4, 0.5) is 0 Å². The van der Waals surface area contributed by atoms with E-state index < -0.39 is 0 Å².